The topological polar surface area (TPSA) is 96.5 Å². The van der Waals surface area contributed by atoms with E-state index in [-0.39, 0.29) is 37.4 Å². The molecule has 0 spiro atoms. The quantitative estimate of drug-likeness (QED) is 0.603. The summed E-state index contributed by atoms with van der Waals surface area (Å²) in [5.74, 6) is -0.191. The van der Waals surface area contributed by atoms with Gasteiger partial charge in [-0.1, -0.05) is 11.6 Å². The highest BCUT2D eigenvalue weighted by Crippen LogP contribution is 2.15. The van der Waals surface area contributed by atoms with Crippen LogP contribution in [0.15, 0.2) is 48.5 Å². The number of carbonyl (C=O) groups is 3. The molecule has 0 aliphatic rings. The van der Waals surface area contributed by atoms with E-state index in [0.29, 0.717) is 22.0 Å². The van der Waals surface area contributed by atoms with Gasteiger partial charge in [-0.05, 0) is 48.5 Å². The van der Waals surface area contributed by atoms with Crippen molar-refractivity contribution < 1.29 is 19.1 Å². The number of amides is 3. The zero-order chi connectivity index (χ0) is 19.6. The first-order valence-electron chi connectivity index (χ1n) is 8.25. The highest BCUT2D eigenvalue weighted by molar-refractivity contribution is 6.30. The fraction of sp³-hybridized carbons (Fsp3) is 0.211. The fourth-order valence-corrected chi connectivity index (χ4v) is 2.24. The molecule has 0 saturated heterocycles. The van der Waals surface area contributed by atoms with Crippen molar-refractivity contribution in [1.82, 2.24) is 10.6 Å². The molecule has 2 aromatic carbocycles. The molecule has 142 valence electrons. The molecule has 2 rings (SSSR count). The second-order valence-electron chi connectivity index (χ2n) is 5.61. The Morgan fingerprint density at radius 2 is 1.56 bits per heavy atom. The molecule has 0 heterocycles. The van der Waals surface area contributed by atoms with Crippen LogP contribution in [0.3, 0.4) is 0 Å². The Balaban J connectivity index is 1.65. The Hall–Kier alpha value is -3.06. The van der Waals surface area contributed by atoms with Crippen LogP contribution in [0.5, 0.6) is 5.75 Å². The smallest absolute Gasteiger partial charge is 0.258 e. The van der Waals surface area contributed by atoms with Crippen molar-refractivity contribution in [1.29, 1.82) is 0 Å². The minimum Gasteiger partial charge on any atom is -0.484 e. The van der Waals surface area contributed by atoms with Gasteiger partial charge in [0.15, 0.2) is 6.61 Å². The maximum Gasteiger partial charge on any atom is 0.258 e. The SMILES string of the molecule is CC(=O)Nc1ccc(C(=O)NCCNC(=O)COc2ccc(Cl)cc2)cc1. The van der Waals surface area contributed by atoms with Crippen LogP contribution in [0.25, 0.3) is 0 Å². The van der Waals surface area contributed by atoms with Crippen molar-refractivity contribution in [2.45, 2.75) is 6.92 Å². The lowest BCUT2D eigenvalue weighted by Crippen LogP contribution is -2.36. The Morgan fingerprint density at radius 3 is 2.19 bits per heavy atom. The molecule has 0 aliphatic carbocycles. The van der Waals surface area contributed by atoms with Crippen LogP contribution in [0.4, 0.5) is 5.69 Å². The van der Waals surface area contributed by atoms with Crippen LogP contribution in [-0.2, 0) is 9.59 Å². The summed E-state index contributed by atoms with van der Waals surface area (Å²) in [6, 6.07) is 13.2. The third-order valence-electron chi connectivity index (χ3n) is 3.38. The van der Waals surface area contributed by atoms with E-state index in [9.17, 15) is 14.4 Å². The summed E-state index contributed by atoms with van der Waals surface area (Å²) >= 11 is 5.77. The Bertz CT molecular complexity index is 792. The van der Waals surface area contributed by atoms with Gasteiger partial charge in [-0.25, -0.2) is 0 Å². The normalized spacial score (nSPS) is 10.0. The van der Waals surface area contributed by atoms with Gasteiger partial charge in [-0.2, -0.15) is 0 Å². The van der Waals surface area contributed by atoms with E-state index in [4.69, 9.17) is 16.3 Å². The van der Waals surface area contributed by atoms with Crippen LogP contribution >= 0.6 is 11.6 Å². The largest absolute Gasteiger partial charge is 0.484 e. The molecule has 2 aromatic rings. The standard InChI is InChI=1S/C19H20ClN3O4/c1-13(24)23-16-6-2-14(3-7-16)19(26)22-11-10-21-18(25)12-27-17-8-4-15(20)5-9-17/h2-9H,10-12H2,1H3,(H,21,25)(H,22,26)(H,23,24). The molecule has 7 nitrogen and oxygen atoms in total. The summed E-state index contributed by atoms with van der Waals surface area (Å²) in [5.41, 5.74) is 1.08. The lowest BCUT2D eigenvalue weighted by molar-refractivity contribution is -0.123. The van der Waals surface area contributed by atoms with Crippen molar-refractivity contribution in [3.63, 3.8) is 0 Å². The molecule has 27 heavy (non-hydrogen) atoms. The average Bonchev–Trinajstić information content (AvgIpc) is 2.64. The van der Waals surface area contributed by atoms with E-state index in [0.717, 1.165) is 0 Å². The van der Waals surface area contributed by atoms with E-state index >= 15 is 0 Å². The minimum atomic E-state index is -0.293. The van der Waals surface area contributed by atoms with Gasteiger partial charge in [-0.15, -0.1) is 0 Å². The highest BCUT2D eigenvalue weighted by atomic mass is 35.5. The van der Waals surface area contributed by atoms with Gasteiger partial charge >= 0.3 is 0 Å². The van der Waals surface area contributed by atoms with Crippen LogP contribution in [0.2, 0.25) is 5.02 Å². The zero-order valence-corrected chi connectivity index (χ0v) is 15.5. The predicted octanol–water partition coefficient (Wildman–Crippen LogP) is 2.22. The highest BCUT2D eigenvalue weighted by Gasteiger charge is 2.06. The van der Waals surface area contributed by atoms with Gasteiger partial charge in [0, 0.05) is 36.3 Å². The summed E-state index contributed by atoms with van der Waals surface area (Å²) < 4.78 is 5.32. The van der Waals surface area contributed by atoms with Gasteiger partial charge in [0.05, 0.1) is 0 Å². The first kappa shape index (κ1) is 20.3. The van der Waals surface area contributed by atoms with E-state index < -0.39 is 0 Å². The Kier molecular flexibility index (Phi) is 7.63. The molecule has 0 saturated carbocycles. The number of anilines is 1. The van der Waals surface area contributed by atoms with E-state index in [2.05, 4.69) is 16.0 Å². The van der Waals surface area contributed by atoms with Crippen molar-refractivity contribution in [3.05, 3.63) is 59.1 Å². The number of ether oxygens (including phenoxy) is 1. The first-order chi connectivity index (χ1) is 12.9. The van der Waals surface area contributed by atoms with Gasteiger partial charge in [-0.3, -0.25) is 14.4 Å². The minimum absolute atomic E-state index is 0.125. The first-order valence-corrected chi connectivity index (χ1v) is 8.63. The molecular weight excluding hydrogens is 370 g/mol. The van der Waals surface area contributed by atoms with Crippen molar-refractivity contribution in [2.24, 2.45) is 0 Å². The van der Waals surface area contributed by atoms with E-state index in [1.54, 1.807) is 48.5 Å². The summed E-state index contributed by atoms with van der Waals surface area (Å²) in [5, 5.41) is 8.56. The van der Waals surface area contributed by atoms with Crippen LogP contribution in [0, 0.1) is 0 Å². The average molecular weight is 390 g/mol. The van der Waals surface area contributed by atoms with Crippen LogP contribution in [-0.4, -0.2) is 37.4 Å². The number of benzene rings is 2. The van der Waals surface area contributed by atoms with Gasteiger partial charge in [0.25, 0.3) is 11.8 Å². The molecule has 0 fully saturated rings. The number of hydrogen-bond donors (Lipinski definition) is 3. The molecular formula is C19H20ClN3O4. The third kappa shape index (κ3) is 7.37. The molecule has 0 aliphatic heterocycles. The maximum absolute atomic E-state index is 12.0. The Labute approximate surface area is 162 Å². The van der Waals surface area contributed by atoms with Crippen molar-refractivity contribution in [2.75, 3.05) is 25.0 Å². The maximum atomic E-state index is 12.0. The van der Waals surface area contributed by atoms with Gasteiger partial charge in [0.2, 0.25) is 5.91 Å². The predicted molar refractivity (Wildman–Crippen MR) is 103 cm³/mol. The molecule has 0 radical (unpaired) electrons. The summed E-state index contributed by atoms with van der Waals surface area (Å²) in [4.78, 5) is 34.7. The number of halogens is 1. The van der Waals surface area contributed by atoms with Gasteiger partial charge < -0.3 is 20.7 Å². The fourth-order valence-electron chi connectivity index (χ4n) is 2.12. The molecule has 0 aromatic heterocycles. The van der Waals surface area contributed by atoms with Crippen molar-refractivity contribution in [3.8, 4) is 5.75 Å². The molecule has 3 amide bonds. The Morgan fingerprint density at radius 1 is 0.926 bits per heavy atom. The molecule has 8 heteroatoms. The van der Waals surface area contributed by atoms with Gasteiger partial charge in [0.1, 0.15) is 5.75 Å². The van der Waals surface area contributed by atoms with Crippen molar-refractivity contribution >= 4 is 35.0 Å². The van der Waals surface area contributed by atoms with Crippen LogP contribution in [0.1, 0.15) is 17.3 Å². The summed E-state index contributed by atoms with van der Waals surface area (Å²) in [6.45, 7) is 1.84. The van der Waals surface area contributed by atoms with E-state index in [1.165, 1.54) is 6.92 Å². The number of rotatable bonds is 8. The number of nitrogens with one attached hydrogen (secondary N) is 3. The second kappa shape index (κ2) is 10.2. The lowest BCUT2D eigenvalue weighted by Gasteiger charge is -2.09. The summed E-state index contributed by atoms with van der Waals surface area (Å²) in [7, 11) is 0. The summed E-state index contributed by atoms with van der Waals surface area (Å²) in [6.07, 6.45) is 0. The second-order valence-corrected chi connectivity index (χ2v) is 6.04. The monoisotopic (exact) mass is 389 g/mol. The molecule has 0 unspecified atom stereocenters. The lowest BCUT2D eigenvalue weighted by atomic mass is 10.2. The third-order valence-corrected chi connectivity index (χ3v) is 3.64. The number of hydrogen-bond acceptors (Lipinski definition) is 4. The zero-order valence-electron chi connectivity index (χ0n) is 14.8. The number of carbonyl (C=O) groups excluding carboxylic acids is 3. The molecule has 0 atom stereocenters. The molecule has 3 N–H and O–H groups in total. The van der Waals surface area contributed by atoms with E-state index in [1.807, 2.05) is 0 Å². The van der Waals surface area contributed by atoms with Crippen LogP contribution < -0.4 is 20.7 Å². The molecule has 0 bridgehead atoms.